The fraction of sp³-hybridized carbons (Fsp3) is 0.667. The molecule has 1 N–H and O–H groups in total. The fourth-order valence-corrected chi connectivity index (χ4v) is 2.88. The first kappa shape index (κ1) is 12.0. The summed E-state index contributed by atoms with van der Waals surface area (Å²) >= 11 is 0. The molecule has 0 aromatic heterocycles. The van der Waals surface area contributed by atoms with Crippen LogP contribution in [0.25, 0.3) is 0 Å². The van der Waals surface area contributed by atoms with E-state index < -0.39 is 5.97 Å². The minimum Gasteiger partial charge on any atom is -0.481 e. The van der Waals surface area contributed by atoms with Crippen molar-refractivity contribution in [3.8, 4) is 0 Å². The van der Waals surface area contributed by atoms with Gasteiger partial charge in [0.1, 0.15) is 6.61 Å². The topological polar surface area (TPSA) is 66.8 Å². The third kappa shape index (κ3) is 2.28. The smallest absolute Gasteiger partial charge is 0.410 e. The van der Waals surface area contributed by atoms with Gasteiger partial charge in [-0.2, -0.15) is 0 Å². The van der Waals surface area contributed by atoms with Gasteiger partial charge in [0.2, 0.25) is 0 Å². The number of carbonyl (C=O) groups excluding carboxylic acids is 1. The number of aliphatic carboxylic acids is 1. The average molecular weight is 239 g/mol. The number of carbonyl (C=O) groups is 2. The van der Waals surface area contributed by atoms with Gasteiger partial charge in [0.05, 0.1) is 5.92 Å². The molecule has 0 aromatic rings. The molecule has 0 radical (unpaired) electrons. The van der Waals surface area contributed by atoms with Crippen LogP contribution >= 0.6 is 0 Å². The normalized spacial score (nSPS) is 31.1. The number of amides is 1. The summed E-state index contributed by atoms with van der Waals surface area (Å²) in [6.45, 7) is 3.70. The molecule has 0 aromatic carbocycles. The van der Waals surface area contributed by atoms with Crippen LogP contribution in [0.2, 0.25) is 0 Å². The van der Waals surface area contributed by atoms with Gasteiger partial charge in [-0.15, -0.1) is 0 Å². The van der Waals surface area contributed by atoms with E-state index in [9.17, 15) is 9.59 Å². The van der Waals surface area contributed by atoms with E-state index in [0.717, 1.165) is 12.8 Å². The lowest BCUT2D eigenvalue weighted by Crippen LogP contribution is -2.48. The lowest BCUT2D eigenvalue weighted by molar-refractivity contribution is -0.144. The average Bonchev–Trinajstić information content (AvgIpc) is 2.56. The van der Waals surface area contributed by atoms with E-state index in [1.54, 1.807) is 4.90 Å². The second-order valence-corrected chi connectivity index (χ2v) is 4.66. The van der Waals surface area contributed by atoms with Crippen molar-refractivity contribution in [1.29, 1.82) is 0 Å². The van der Waals surface area contributed by atoms with Crippen LogP contribution in [0.4, 0.5) is 4.79 Å². The summed E-state index contributed by atoms with van der Waals surface area (Å²) in [5.41, 5.74) is 0. The summed E-state index contributed by atoms with van der Waals surface area (Å²) in [5, 5.41) is 9.02. The maximum absolute atomic E-state index is 11.8. The van der Waals surface area contributed by atoms with Crippen LogP contribution in [-0.4, -0.2) is 40.8 Å². The van der Waals surface area contributed by atoms with Crippen LogP contribution in [-0.2, 0) is 9.53 Å². The number of carboxylic acids is 1. The predicted octanol–water partition coefficient (Wildman–Crippen LogP) is 1.64. The predicted molar refractivity (Wildman–Crippen MR) is 60.6 cm³/mol. The van der Waals surface area contributed by atoms with Crippen LogP contribution < -0.4 is 0 Å². The molecule has 2 saturated heterocycles. The first-order valence-electron chi connectivity index (χ1n) is 5.92. The van der Waals surface area contributed by atoms with Crippen molar-refractivity contribution in [2.75, 3.05) is 6.61 Å². The Hall–Kier alpha value is -1.52. The summed E-state index contributed by atoms with van der Waals surface area (Å²) < 4.78 is 5.03. The molecule has 2 aliphatic rings. The van der Waals surface area contributed by atoms with Gasteiger partial charge in [0.25, 0.3) is 0 Å². The number of fused-ring (bicyclic) bond motifs is 2. The Morgan fingerprint density at radius 1 is 1.35 bits per heavy atom. The highest BCUT2D eigenvalue weighted by atomic mass is 16.6. The van der Waals surface area contributed by atoms with E-state index in [0.29, 0.717) is 12.8 Å². The Morgan fingerprint density at radius 3 is 2.41 bits per heavy atom. The molecule has 0 saturated carbocycles. The minimum atomic E-state index is -0.749. The van der Waals surface area contributed by atoms with Crippen molar-refractivity contribution in [2.45, 2.75) is 37.8 Å². The van der Waals surface area contributed by atoms with E-state index in [2.05, 4.69) is 6.58 Å². The molecule has 17 heavy (non-hydrogen) atoms. The van der Waals surface area contributed by atoms with Gasteiger partial charge < -0.3 is 14.7 Å². The maximum atomic E-state index is 11.8. The van der Waals surface area contributed by atoms with Crippen LogP contribution in [0.1, 0.15) is 25.7 Å². The molecule has 94 valence electrons. The lowest BCUT2D eigenvalue weighted by Gasteiger charge is -2.36. The van der Waals surface area contributed by atoms with Crippen molar-refractivity contribution in [2.24, 2.45) is 5.92 Å². The van der Waals surface area contributed by atoms with Crippen molar-refractivity contribution >= 4 is 12.1 Å². The van der Waals surface area contributed by atoms with Crippen LogP contribution in [0.3, 0.4) is 0 Å². The van der Waals surface area contributed by atoms with Crippen molar-refractivity contribution in [1.82, 2.24) is 4.90 Å². The summed E-state index contributed by atoms with van der Waals surface area (Å²) in [7, 11) is 0. The fourth-order valence-electron chi connectivity index (χ4n) is 2.88. The van der Waals surface area contributed by atoms with Crippen LogP contribution in [0, 0.1) is 5.92 Å². The Labute approximate surface area is 100 Å². The second-order valence-electron chi connectivity index (χ2n) is 4.66. The Kier molecular flexibility index (Phi) is 3.36. The second kappa shape index (κ2) is 4.77. The number of rotatable bonds is 3. The SMILES string of the molecule is C=CCOC(=O)N1[C@@H]2CC[C@H]1CC(C(=O)O)C2. The van der Waals surface area contributed by atoms with Gasteiger partial charge in [-0.1, -0.05) is 12.7 Å². The Balaban J connectivity index is 2.00. The number of hydrogen-bond acceptors (Lipinski definition) is 3. The van der Waals surface area contributed by atoms with E-state index in [-0.39, 0.29) is 30.7 Å². The minimum absolute atomic E-state index is 0.0344. The highest BCUT2D eigenvalue weighted by Crippen LogP contribution is 2.39. The zero-order valence-electron chi connectivity index (χ0n) is 9.67. The first-order valence-corrected chi connectivity index (χ1v) is 5.92. The third-order valence-corrected chi connectivity index (χ3v) is 3.62. The Bertz CT molecular complexity index is 327. The van der Waals surface area contributed by atoms with Gasteiger partial charge in [-0.05, 0) is 25.7 Å². The molecule has 1 amide bonds. The number of carboxylic acid groups (broad SMARTS) is 1. The molecule has 2 heterocycles. The monoisotopic (exact) mass is 239 g/mol. The molecule has 5 heteroatoms. The molecular formula is C12H17NO4. The molecule has 5 nitrogen and oxygen atoms in total. The molecule has 0 aliphatic carbocycles. The summed E-state index contributed by atoms with van der Waals surface area (Å²) in [6, 6.07) is 0.0688. The van der Waals surface area contributed by atoms with Crippen molar-refractivity contribution in [3.63, 3.8) is 0 Å². The molecule has 1 unspecified atom stereocenters. The van der Waals surface area contributed by atoms with Gasteiger partial charge in [-0.3, -0.25) is 4.79 Å². The molecule has 2 bridgehead atoms. The van der Waals surface area contributed by atoms with E-state index >= 15 is 0 Å². The zero-order chi connectivity index (χ0) is 12.4. The number of nitrogens with zero attached hydrogens (tertiary/aromatic N) is 1. The van der Waals surface area contributed by atoms with Gasteiger partial charge >= 0.3 is 12.1 Å². The van der Waals surface area contributed by atoms with Gasteiger partial charge in [-0.25, -0.2) is 4.79 Å². The standard InChI is InChI=1S/C12H17NO4/c1-2-5-17-12(16)13-9-3-4-10(13)7-8(6-9)11(14)15/h2,8-10H,1,3-7H2,(H,14,15)/t8?,9-,10+. The lowest BCUT2D eigenvalue weighted by atomic mass is 9.91. The van der Waals surface area contributed by atoms with E-state index in [1.165, 1.54) is 6.08 Å². The van der Waals surface area contributed by atoms with Gasteiger partial charge in [0, 0.05) is 12.1 Å². The molecule has 2 rings (SSSR count). The third-order valence-electron chi connectivity index (χ3n) is 3.62. The van der Waals surface area contributed by atoms with Crippen LogP contribution in [0.15, 0.2) is 12.7 Å². The van der Waals surface area contributed by atoms with E-state index in [4.69, 9.17) is 9.84 Å². The largest absolute Gasteiger partial charge is 0.481 e. The molecule has 2 fully saturated rings. The number of hydrogen-bond donors (Lipinski definition) is 1. The zero-order valence-corrected chi connectivity index (χ0v) is 9.67. The summed E-state index contributed by atoms with van der Waals surface area (Å²) in [4.78, 5) is 24.5. The highest BCUT2D eigenvalue weighted by Gasteiger charge is 2.45. The Morgan fingerprint density at radius 2 is 1.94 bits per heavy atom. The summed E-state index contributed by atoms with van der Waals surface area (Å²) in [5.74, 6) is -1.06. The number of ether oxygens (including phenoxy) is 1. The van der Waals surface area contributed by atoms with Crippen LogP contribution in [0.5, 0.6) is 0 Å². The molecule has 3 atom stereocenters. The van der Waals surface area contributed by atoms with Gasteiger partial charge in [0.15, 0.2) is 0 Å². The highest BCUT2D eigenvalue weighted by molar-refractivity contribution is 5.73. The quantitative estimate of drug-likeness (QED) is 0.760. The van der Waals surface area contributed by atoms with Crippen molar-refractivity contribution < 1.29 is 19.4 Å². The summed E-state index contributed by atoms with van der Waals surface area (Å²) in [6.07, 6.45) is 4.07. The van der Waals surface area contributed by atoms with E-state index in [1.807, 2.05) is 0 Å². The molecule has 0 spiro atoms. The maximum Gasteiger partial charge on any atom is 0.410 e. The first-order chi connectivity index (χ1) is 8.13. The molecule has 2 aliphatic heterocycles. The molecular weight excluding hydrogens is 222 g/mol. The number of piperidine rings is 1. The van der Waals surface area contributed by atoms with Crippen molar-refractivity contribution in [3.05, 3.63) is 12.7 Å².